The molecular weight excluding hydrogens is 243 g/mol. The molecule has 0 bridgehead atoms. The van der Waals surface area contributed by atoms with Gasteiger partial charge in [-0.05, 0) is 43.7 Å². The van der Waals surface area contributed by atoms with E-state index < -0.39 is 0 Å². The van der Waals surface area contributed by atoms with E-state index in [0.29, 0.717) is 17.5 Å². The highest BCUT2D eigenvalue weighted by atomic mass is 19.1. The Morgan fingerprint density at radius 2 is 2.11 bits per heavy atom. The highest BCUT2D eigenvalue weighted by Gasteiger charge is 2.29. The van der Waals surface area contributed by atoms with Gasteiger partial charge in [0.1, 0.15) is 5.82 Å². The van der Waals surface area contributed by atoms with Crippen molar-refractivity contribution in [1.82, 2.24) is 10.2 Å². The lowest BCUT2D eigenvalue weighted by Gasteiger charge is -2.38. The van der Waals surface area contributed by atoms with Crippen LogP contribution < -0.4 is 5.32 Å². The maximum Gasteiger partial charge on any atom is 0.253 e. The van der Waals surface area contributed by atoms with Crippen LogP contribution in [0, 0.1) is 11.7 Å². The molecule has 1 heterocycles. The van der Waals surface area contributed by atoms with Crippen LogP contribution in [-0.4, -0.2) is 37.0 Å². The molecule has 1 aliphatic heterocycles. The number of rotatable bonds is 3. The molecule has 1 fully saturated rings. The van der Waals surface area contributed by atoms with Crippen molar-refractivity contribution in [2.45, 2.75) is 25.8 Å². The Morgan fingerprint density at radius 3 is 2.68 bits per heavy atom. The number of carbonyl (C=O) groups excluding carboxylic acids is 1. The van der Waals surface area contributed by atoms with E-state index in [2.05, 4.69) is 12.2 Å². The zero-order valence-corrected chi connectivity index (χ0v) is 11.5. The van der Waals surface area contributed by atoms with Crippen molar-refractivity contribution in [1.29, 1.82) is 0 Å². The number of benzene rings is 1. The van der Waals surface area contributed by atoms with Crippen LogP contribution in [0.3, 0.4) is 0 Å². The quantitative estimate of drug-likeness (QED) is 0.908. The Bertz CT molecular complexity index is 432. The smallest absolute Gasteiger partial charge is 0.253 e. The van der Waals surface area contributed by atoms with E-state index in [0.717, 1.165) is 25.9 Å². The summed E-state index contributed by atoms with van der Waals surface area (Å²) < 4.78 is 12.9. The molecule has 1 amide bonds. The predicted octanol–water partition coefficient (Wildman–Crippen LogP) is 2.29. The molecule has 2 unspecified atom stereocenters. The van der Waals surface area contributed by atoms with Crippen molar-refractivity contribution in [2.75, 3.05) is 20.1 Å². The van der Waals surface area contributed by atoms with Crippen LogP contribution in [0.1, 0.15) is 30.1 Å². The van der Waals surface area contributed by atoms with Crippen molar-refractivity contribution in [3.8, 4) is 0 Å². The SMILES string of the molecule is CCC1CN(C(=O)c2ccc(F)cc2)CCC1NC. The maximum atomic E-state index is 12.9. The van der Waals surface area contributed by atoms with Gasteiger partial charge in [0.2, 0.25) is 0 Å². The number of hydrogen-bond donors (Lipinski definition) is 1. The van der Waals surface area contributed by atoms with E-state index in [1.807, 2.05) is 11.9 Å². The maximum absolute atomic E-state index is 12.9. The van der Waals surface area contributed by atoms with Gasteiger partial charge in [0.25, 0.3) is 5.91 Å². The van der Waals surface area contributed by atoms with Gasteiger partial charge in [-0.1, -0.05) is 13.3 Å². The fourth-order valence-electron chi connectivity index (χ4n) is 2.79. The number of amides is 1. The fraction of sp³-hybridized carbons (Fsp3) is 0.533. The summed E-state index contributed by atoms with van der Waals surface area (Å²) in [4.78, 5) is 14.2. The number of hydrogen-bond acceptors (Lipinski definition) is 2. The lowest BCUT2D eigenvalue weighted by molar-refractivity contribution is 0.0631. The molecule has 0 aliphatic carbocycles. The van der Waals surface area contributed by atoms with E-state index in [1.54, 1.807) is 12.1 Å². The van der Waals surface area contributed by atoms with Gasteiger partial charge in [-0.25, -0.2) is 4.39 Å². The number of piperidine rings is 1. The molecule has 4 heteroatoms. The number of carbonyl (C=O) groups is 1. The minimum atomic E-state index is -0.308. The number of nitrogens with one attached hydrogen (secondary N) is 1. The highest BCUT2D eigenvalue weighted by Crippen LogP contribution is 2.21. The van der Waals surface area contributed by atoms with E-state index in [1.165, 1.54) is 12.1 Å². The molecule has 3 nitrogen and oxygen atoms in total. The average molecular weight is 264 g/mol. The molecular formula is C15H21FN2O. The molecule has 19 heavy (non-hydrogen) atoms. The second-order valence-electron chi connectivity index (χ2n) is 5.11. The molecule has 2 atom stereocenters. The summed E-state index contributed by atoms with van der Waals surface area (Å²) in [7, 11) is 1.98. The summed E-state index contributed by atoms with van der Waals surface area (Å²) in [5.41, 5.74) is 0.569. The average Bonchev–Trinajstić information content (AvgIpc) is 2.46. The lowest BCUT2D eigenvalue weighted by Crippen LogP contribution is -2.50. The van der Waals surface area contributed by atoms with Crippen molar-refractivity contribution >= 4 is 5.91 Å². The van der Waals surface area contributed by atoms with Crippen LogP contribution in [-0.2, 0) is 0 Å². The molecule has 1 N–H and O–H groups in total. The molecule has 1 aliphatic rings. The summed E-state index contributed by atoms with van der Waals surface area (Å²) in [6, 6.07) is 6.28. The summed E-state index contributed by atoms with van der Waals surface area (Å²) in [6.45, 7) is 3.69. The largest absolute Gasteiger partial charge is 0.338 e. The first-order chi connectivity index (χ1) is 9.15. The molecule has 104 valence electrons. The zero-order chi connectivity index (χ0) is 13.8. The van der Waals surface area contributed by atoms with Crippen LogP contribution >= 0.6 is 0 Å². The van der Waals surface area contributed by atoms with Crippen LogP contribution in [0.15, 0.2) is 24.3 Å². The number of nitrogens with zero attached hydrogens (tertiary/aromatic N) is 1. The van der Waals surface area contributed by atoms with Gasteiger partial charge >= 0.3 is 0 Å². The first-order valence-electron chi connectivity index (χ1n) is 6.87. The van der Waals surface area contributed by atoms with Gasteiger partial charge in [-0.2, -0.15) is 0 Å². The molecule has 1 saturated heterocycles. The summed E-state index contributed by atoms with van der Waals surface area (Å²) in [6.07, 6.45) is 2.03. The highest BCUT2D eigenvalue weighted by molar-refractivity contribution is 5.94. The van der Waals surface area contributed by atoms with Crippen LogP contribution in [0.4, 0.5) is 4.39 Å². The third-order valence-corrected chi connectivity index (χ3v) is 4.01. The Labute approximate surface area is 113 Å². The van der Waals surface area contributed by atoms with Gasteiger partial charge in [-0.3, -0.25) is 4.79 Å². The number of halogens is 1. The zero-order valence-electron chi connectivity index (χ0n) is 11.5. The van der Waals surface area contributed by atoms with E-state index in [4.69, 9.17) is 0 Å². The topological polar surface area (TPSA) is 32.3 Å². The molecule has 0 saturated carbocycles. The van der Waals surface area contributed by atoms with Crippen molar-refractivity contribution in [3.63, 3.8) is 0 Å². The van der Waals surface area contributed by atoms with Crippen molar-refractivity contribution in [3.05, 3.63) is 35.6 Å². The third kappa shape index (κ3) is 3.13. The van der Waals surface area contributed by atoms with Gasteiger partial charge in [0.15, 0.2) is 0 Å². The van der Waals surface area contributed by atoms with Gasteiger partial charge < -0.3 is 10.2 Å². The Hall–Kier alpha value is -1.42. The van der Waals surface area contributed by atoms with Gasteiger partial charge in [-0.15, -0.1) is 0 Å². The molecule has 1 aromatic rings. The second-order valence-corrected chi connectivity index (χ2v) is 5.11. The first-order valence-corrected chi connectivity index (χ1v) is 6.87. The van der Waals surface area contributed by atoms with Crippen LogP contribution in [0.2, 0.25) is 0 Å². The Kier molecular flexibility index (Phi) is 4.53. The molecule has 2 rings (SSSR count). The Balaban J connectivity index is 2.06. The molecule has 0 radical (unpaired) electrons. The molecule has 0 aromatic heterocycles. The molecule has 1 aromatic carbocycles. The third-order valence-electron chi connectivity index (χ3n) is 4.01. The van der Waals surface area contributed by atoms with E-state index in [-0.39, 0.29) is 11.7 Å². The second kappa shape index (κ2) is 6.15. The summed E-state index contributed by atoms with van der Waals surface area (Å²) >= 11 is 0. The van der Waals surface area contributed by atoms with Crippen molar-refractivity contribution < 1.29 is 9.18 Å². The first kappa shape index (κ1) is 14.0. The predicted molar refractivity (Wildman–Crippen MR) is 73.5 cm³/mol. The van der Waals surface area contributed by atoms with Crippen LogP contribution in [0.25, 0.3) is 0 Å². The lowest BCUT2D eigenvalue weighted by atomic mass is 9.89. The molecule has 0 spiro atoms. The minimum absolute atomic E-state index is 0.00741. The van der Waals surface area contributed by atoms with Crippen LogP contribution in [0.5, 0.6) is 0 Å². The van der Waals surface area contributed by atoms with Gasteiger partial charge in [0, 0.05) is 24.7 Å². The monoisotopic (exact) mass is 264 g/mol. The normalized spacial score (nSPS) is 23.4. The fourth-order valence-corrected chi connectivity index (χ4v) is 2.79. The van der Waals surface area contributed by atoms with E-state index >= 15 is 0 Å². The van der Waals surface area contributed by atoms with Crippen molar-refractivity contribution in [2.24, 2.45) is 5.92 Å². The summed E-state index contributed by atoms with van der Waals surface area (Å²) in [5.74, 6) is 0.188. The van der Waals surface area contributed by atoms with E-state index in [9.17, 15) is 9.18 Å². The van der Waals surface area contributed by atoms with Gasteiger partial charge in [0.05, 0.1) is 0 Å². The minimum Gasteiger partial charge on any atom is -0.338 e. The number of likely N-dealkylation sites (tertiary alicyclic amines) is 1. The standard InChI is InChI=1S/C15H21FN2O/c1-3-11-10-18(9-8-14(11)17-2)15(19)12-4-6-13(16)7-5-12/h4-7,11,14,17H,3,8-10H2,1-2H3. The Morgan fingerprint density at radius 1 is 1.42 bits per heavy atom. The summed E-state index contributed by atoms with van der Waals surface area (Å²) in [5, 5.41) is 3.32.